The highest BCUT2D eigenvalue weighted by Gasteiger charge is 2.46. The van der Waals surface area contributed by atoms with E-state index in [0.717, 1.165) is 12.8 Å². The molecule has 0 spiro atoms. The lowest BCUT2D eigenvalue weighted by molar-refractivity contribution is -0.0977. The molecular weight excluding hydrogens is 334 g/mol. The number of carbonyl (C=O) groups is 2. The molecule has 1 saturated heterocycles. The lowest BCUT2D eigenvalue weighted by Crippen LogP contribution is -2.54. The van der Waals surface area contributed by atoms with Gasteiger partial charge in [-0.15, -0.1) is 0 Å². The molecule has 1 saturated carbocycles. The van der Waals surface area contributed by atoms with Crippen LogP contribution in [0.2, 0.25) is 0 Å². The summed E-state index contributed by atoms with van der Waals surface area (Å²) in [7, 11) is 0. The van der Waals surface area contributed by atoms with Crippen molar-refractivity contribution in [2.75, 3.05) is 25.0 Å². The van der Waals surface area contributed by atoms with Crippen molar-refractivity contribution in [1.29, 1.82) is 0 Å². The number of primary amides is 1. The number of nitrogens with zero attached hydrogens (tertiary/aromatic N) is 1. The van der Waals surface area contributed by atoms with E-state index in [1.165, 1.54) is 0 Å². The van der Waals surface area contributed by atoms with Gasteiger partial charge in [0, 0.05) is 18.3 Å². The average molecular weight is 361 g/mol. The van der Waals surface area contributed by atoms with E-state index < -0.39 is 5.91 Å². The minimum atomic E-state index is -0.563. The average Bonchev–Trinajstić information content (AvgIpc) is 3.39. The first-order valence-electron chi connectivity index (χ1n) is 9.09. The summed E-state index contributed by atoms with van der Waals surface area (Å²) in [6, 6.07) is 4.69. The predicted molar refractivity (Wildman–Crippen MR) is 98.4 cm³/mol. The fraction of sp³-hybridized carbons (Fsp3) is 0.579. The maximum absolute atomic E-state index is 12.7. The van der Waals surface area contributed by atoms with E-state index in [1.54, 1.807) is 23.1 Å². The number of hydrogen-bond acceptors (Lipinski definition) is 4. The fourth-order valence-electron chi connectivity index (χ4n) is 3.36. The zero-order valence-corrected chi connectivity index (χ0v) is 15.6. The zero-order chi connectivity index (χ0) is 18.9. The Balaban J connectivity index is 1.71. The Morgan fingerprint density at radius 2 is 2.12 bits per heavy atom. The van der Waals surface area contributed by atoms with E-state index in [0.29, 0.717) is 42.6 Å². The van der Waals surface area contributed by atoms with Gasteiger partial charge in [0.15, 0.2) is 0 Å². The Kier molecular flexibility index (Phi) is 5.09. The Morgan fingerprint density at radius 1 is 1.38 bits per heavy atom. The molecule has 7 heteroatoms. The van der Waals surface area contributed by atoms with Gasteiger partial charge >= 0.3 is 6.03 Å². The molecule has 1 aliphatic carbocycles. The van der Waals surface area contributed by atoms with Crippen molar-refractivity contribution in [3.63, 3.8) is 0 Å². The van der Waals surface area contributed by atoms with Crippen molar-refractivity contribution >= 4 is 17.6 Å². The first kappa shape index (κ1) is 18.5. The Bertz CT molecular complexity index is 702. The van der Waals surface area contributed by atoms with Gasteiger partial charge in [-0.25, -0.2) is 4.79 Å². The Labute approximate surface area is 153 Å². The molecule has 2 fully saturated rings. The van der Waals surface area contributed by atoms with E-state index in [-0.39, 0.29) is 17.7 Å². The van der Waals surface area contributed by atoms with Gasteiger partial charge in [-0.2, -0.15) is 0 Å². The second-order valence-corrected chi connectivity index (χ2v) is 7.53. The van der Waals surface area contributed by atoms with E-state index >= 15 is 0 Å². The number of nitrogens with one attached hydrogen (secondary N) is 1. The van der Waals surface area contributed by atoms with Crippen molar-refractivity contribution in [3.05, 3.63) is 23.8 Å². The predicted octanol–water partition coefficient (Wildman–Crippen LogP) is 2.61. The normalized spacial score (nSPS) is 23.0. The summed E-state index contributed by atoms with van der Waals surface area (Å²) < 4.78 is 11.6. The molecule has 1 atom stereocenters. The van der Waals surface area contributed by atoms with Crippen LogP contribution in [0.4, 0.5) is 10.5 Å². The van der Waals surface area contributed by atoms with Crippen LogP contribution < -0.4 is 15.8 Å². The molecule has 3 N–H and O–H groups in total. The minimum absolute atomic E-state index is 0.113. The number of benzene rings is 1. The Hall–Kier alpha value is -2.28. The van der Waals surface area contributed by atoms with Crippen LogP contribution in [0.1, 0.15) is 44.0 Å². The quantitative estimate of drug-likeness (QED) is 0.843. The summed E-state index contributed by atoms with van der Waals surface area (Å²) in [5.41, 5.74) is 6.00. The number of ether oxygens (including phenoxy) is 2. The third-order valence-electron chi connectivity index (χ3n) is 4.89. The third-order valence-corrected chi connectivity index (χ3v) is 4.89. The second kappa shape index (κ2) is 7.15. The summed E-state index contributed by atoms with van der Waals surface area (Å²) >= 11 is 0. The molecule has 1 aromatic carbocycles. The fourth-order valence-corrected chi connectivity index (χ4v) is 3.36. The summed E-state index contributed by atoms with van der Waals surface area (Å²) in [5, 5.41) is 2.89. The van der Waals surface area contributed by atoms with Crippen LogP contribution >= 0.6 is 0 Å². The molecule has 7 nitrogen and oxygen atoms in total. The van der Waals surface area contributed by atoms with Crippen molar-refractivity contribution in [2.45, 2.75) is 45.3 Å². The molecule has 0 bridgehead atoms. The number of morpholine rings is 1. The van der Waals surface area contributed by atoms with Crippen LogP contribution in [0.15, 0.2) is 18.2 Å². The number of rotatable bonds is 5. The second-order valence-electron chi connectivity index (χ2n) is 7.53. The molecular formula is C19H27N3O4. The van der Waals surface area contributed by atoms with Crippen LogP contribution in [0.25, 0.3) is 0 Å². The molecule has 1 aliphatic heterocycles. The molecule has 0 aromatic heterocycles. The summed E-state index contributed by atoms with van der Waals surface area (Å²) in [5.74, 6) is 0.348. The first-order chi connectivity index (χ1) is 12.3. The molecule has 3 amide bonds. The monoisotopic (exact) mass is 361 g/mol. The Morgan fingerprint density at radius 3 is 2.73 bits per heavy atom. The summed E-state index contributed by atoms with van der Waals surface area (Å²) in [4.78, 5) is 26.0. The van der Waals surface area contributed by atoms with E-state index in [2.05, 4.69) is 12.2 Å². The molecule has 2 aliphatic rings. The van der Waals surface area contributed by atoms with Crippen LogP contribution in [0.3, 0.4) is 0 Å². The summed E-state index contributed by atoms with van der Waals surface area (Å²) in [6.07, 6.45) is 2.21. The highest BCUT2D eigenvalue weighted by molar-refractivity contribution is 5.97. The number of urea groups is 1. The van der Waals surface area contributed by atoms with Gasteiger partial charge in [-0.05, 0) is 51.7 Å². The van der Waals surface area contributed by atoms with Gasteiger partial charge in [-0.1, -0.05) is 0 Å². The molecule has 3 rings (SSSR count). The topological polar surface area (TPSA) is 93.9 Å². The van der Waals surface area contributed by atoms with Gasteiger partial charge in [0.25, 0.3) is 5.91 Å². The maximum atomic E-state index is 12.7. The number of nitrogens with two attached hydrogens (primary N) is 1. The van der Waals surface area contributed by atoms with E-state index in [4.69, 9.17) is 15.2 Å². The molecule has 1 aromatic rings. The molecule has 0 radical (unpaired) electrons. The third kappa shape index (κ3) is 4.09. The van der Waals surface area contributed by atoms with Gasteiger partial charge in [0.2, 0.25) is 0 Å². The highest BCUT2D eigenvalue weighted by atomic mass is 16.5. The largest absolute Gasteiger partial charge is 0.490 e. The number of hydrogen-bond donors (Lipinski definition) is 2. The smallest absolute Gasteiger partial charge is 0.322 e. The minimum Gasteiger partial charge on any atom is -0.490 e. The highest BCUT2D eigenvalue weighted by Crippen LogP contribution is 2.43. The molecule has 1 heterocycles. The first-order valence-corrected chi connectivity index (χ1v) is 9.09. The van der Waals surface area contributed by atoms with Crippen molar-refractivity contribution in [1.82, 2.24) is 4.90 Å². The van der Waals surface area contributed by atoms with Crippen molar-refractivity contribution in [2.24, 2.45) is 11.7 Å². The van der Waals surface area contributed by atoms with Crippen LogP contribution in [-0.4, -0.2) is 48.2 Å². The van der Waals surface area contributed by atoms with Crippen LogP contribution in [-0.2, 0) is 4.74 Å². The summed E-state index contributed by atoms with van der Waals surface area (Å²) in [6.45, 7) is 7.50. The van der Waals surface area contributed by atoms with Crippen LogP contribution in [0, 0.1) is 5.92 Å². The van der Waals surface area contributed by atoms with E-state index in [9.17, 15) is 9.59 Å². The number of carbonyl (C=O) groups excluding carboxylic acids is 2. The van der Waals surface area contributed by atoms with Crippen molar-refractivity contribution in [3.8, 4) is 5.75 Å². The number of anilines is 1. The van der Waals surface area contributed by atoms with Gasteiger partial charge < -0.3 is 25.4 Å². The molecule has 1 unspecified atom stereocenters. The van der Waals surface area contributed by atoms with Crippen LogP contribution in [0.5, 0.6) is 5.75 Å². The van der Waals surface area contributed by atoms with E-state index in [1.807, 2.05) is 13.8 Å². The lowest BCUT2D eigenvalue weighted by atomic mass is 9.98. The molecule has 26 heavy (non-hydrogen) atoms. The SMILES string of the molecule is CC(C)Oc1cc(NC(=O)N2CCOC(C)(C3CC3)C2)ccc1C(N)=O. The maximum Gasteiger partial charge on any atom is 0.322 e. The van der Waals surface area contributed by atoms with Gasteiger partial charge in [0.1, 0.15) is 5.75 Å². The van der Waals surface area contributed by atoms with Crippen molar-refractivity contribution < 1.29 is 19.1 Å². The number of amides is 3. The van der Waals surface area contributed by atoms with Gasteiger partial charge in [0.05, 0.1) is 30.4 Å². The zero-order valence-electron chi connectivity index (χ0n) is 15.6. The standard InChI is InChI=1S/C19H27N3O4/c1-12(2)26-16-10-14(6-7-15(16)17(20)23)21-18(24)22-8-9-25-19(3,11-22)13-4-5-13/h6-7,10,12-13H,4-5,8-9,11H2,1-3H3,(H2,20,23)(H,21,24). The lowest BCUT2D eigenvalue weighted by Gasteiger charge is -2.40. The molecule has 142 valence electrons. The van der Waals surface area contributed by atoms with Gasteiger partial charge in [-0.3, -0.25) is 4.79 Å².